The minimum absolute atomic E-state index is 0.0263. The van der Waals surface area contributed by atoms with E-state index in [0.717, 1.165) is 18.1 Å². The number of aromatic hydroxyl groups is 1. The fourth-order valence-corrected chi connectivity index (χ4v) is 2.03. The van der Waals surface area contributed by atoms with Gasteiger partial charge in [0.15, 0.2) is 0 Å². The molecule has 2 nitrogen and oxygen atoms in total. The Hall–Kier alpha value is -1.09. The largest absolute Gasteiger partial charge is 0.508 e. The molecule has 1 aliphatic carbocycles. The molecule has 1 aromatic rings. The summed E-state index contributed by atoms with van der Waals surface area (Å²) in [6.45, 7) is 6.41. The maximum atomic E-state index is 12.8. The van der Waals surface area contributed by atoms with Crippen molar-refractivity contribution in [1.82, 2.24) is 5.32 Å². The zero-order chi connectivity index (χ0) is 11.9. The van der Waals surface area contributed by atoms with Crippen LogP contribution in [0.2, 0.25) is 0 Å². The molecule has 2 unspecified atom stereocenters. The molecule has 3 heteroatoms. The minimum atomic E-state index is -0.403. The van der Waals surface area contributed by atoms with Gasteiger partial charge in [0.05, 0.1) is 0 Å². The van der Waals surface area contributed by atoms with E-state index in [2.05, 4.69) is 19.2 Å². The molecule has 0 spiro atoms. The lowest BCUT2D eigenvalue weighted by Gasteiger charge is -2.16. The summed E-state index contributed by atoms with van der Waals surface area (Å²) in [6.07, 6.45) is 1.15. The van der Waals surface area contributed by atoms with Gasteiger partial charge < -0.3 is 10.4 Å². The van der Waals surface area contributed by atoms with E-state index in [9.17, 15) is 9.50 Å². The van der Waals surface area contributed by atoms with E-state index in [-0.39, 0.29) is 11.8 Å². The third kappa shape index (κ3) is 2.19. The molecule has 1 fully saturated rings. The Morgan fingerprint density at radius 2 is 2.12 bits per heavy atom. The van der Waals surface area contributed by atoms with Crippen molar-refractivity contribution in [2.24, 2.45) is 5.41 Å². The van der Waals surface area contributed by atoms with Crippen molar-refractivity contribution < 1.29 is 9.50 Å². The zero-order valence-electron chi connectivity index (χ0n) is 9.92. The Bertz CT molecular complexity index is 403. The van der Waals surface area contributed by atoms with Gasteiger partial charge in [-0.2, -0.15) is 0 Å². The Morgan fingerprint density at radius 3 is 2.62 bits per heavy atom. The minimum Gasteiger partial charge on any atom is -0.508 e. The fraction of sp³-hybridized carbons (Fsp3) is 0.538. The molecule has 0 bridgehead atoms. The molecule has 1 aromatic carbocycles. The van der Waals surface area contributed by atoms with Crippen LogP contribution in [0.25, 0.3) is 0 Å². The van der Waals surface area contributed by atoms with Gasteiger partial charge in [-0.3, -0.25) is 0 Å². The molecule has 0 aromatic heterocycles. The van der Waals surface area contributed by atoms with Crippen LogP contribution >= 0.6 is 0 Å². The molecule has 0 saturated heterocycles. The van der Waals surface area contributed by atoms with E-state index >= 15 is 0 Å². The Labute approximate surface area is 95.5 Å². The third-order valence-corrected chi connectivity index (χ3v) is 3.42. The third-order valence-electron chi connectivity index (χ3n) is 3.42. The lowest BCUT2D eigenvalue weighted by molar-refractivity contribution is 0.437. The van der Waals surface area contributed by atoms with Crippen molar-refractivity contribution in [3.63, 3.8) is 0 Å². The van der Waals surface area contributed by atoms with Crippen LogP contribution in [0, 0.1) is 11.2 Å². The van der Waals surface area contributed by atoms with Gasteiger partial charge in [0.25, 0.3) is 0 Å². The van der Waals surface area contributed by atoms with E-state index in [4.69, 9.17) is 0 Å². The smallest absolute Gasteiger partial charge is 0.126 e. The van der Waals surface area contributed by atoms with Crippen LogP contribution in [-0.2, 0) is 0 Å². The van der Waals surface area contributed by atoms with E-state index in [1.807, 2.05) is 6.92 Å². The topological polar surface area (TPSA) is 32.3 Å². The Balaban J connectivity index is 2.06. The summed E-state index contributed by atoms with van der Waals surface area (Å²) in [6, 6.07) is 4.72. The normalized spacial score (nSPS) is 24.1. The van der Waals surface area contributed by atoms with Crippen LogP contribution in [0.15, 0.2) is 18.2 Å². The highest BCUT2D eigenvalue weighted by Gasteiger charge is 2.46. The highest BCUT2D eigenvalue weighted by molar-refractivity contribution is 5.35. The lowest BCUT2D eigenvalue weighted by atomic mass is 10.1. The van der Waals surface area contributed by atoms with Gasteiger partial charge in [-0.1, -0.05) is 19.9 Å². The van der Waals surface area contributed by atoms with Crippen molar-refractivity contribution in [2.45, 2.75) is 39.3 Å². The molecule has 0 heterocycles. The predicted molar refractivity (Wildman–Crippen MR) is 61.8 cm³/mol. The van der Waals surface area contributed by atoms with Crippen molar-refractivity contribution in [1.29, 1.82) is 0 Å². The van der Waals surface area contributed by atoms with Crippen LogP contribution in [0.5, 0.6) is 5.75 Å². The monoisotopic (exact) mass is 223 g/mol. The van der Waals surface area contributed by atoms with E-state index in [1.54, 1.807) is 6.07 Å². The van der Waals surface area contributed by atoms with Gasteiger partial charge in [0, 0.05) is 23.7 Å². The maximum Gasteiger partial charge on any atom is 0.126 e. The fourth-order valence-electron chi connectivity index (χ4n) is 2.03. The van der Waals surface area contributed by atoms with Gasteiger partial charge >= 0.3 is 0 Å². The first kappa shape index (κ1) is 11.4. The number of nitrogens with one attached hydrogen (secondary N) is 1. The van der Waals surface area contributed by atoms with Crippen molar-refractivity contribution in [2.75, 3.05) is 0 Å². The average Bonchev–Trinajstić information content (AvgIpc) is 2.72. The summed E-state index contributed by atoms with van der Waals surface area (Å²) >= 11 is 0. The van der Waals surface area contributed by atoms with Gasteiger partial charge in [0.2, 0.25) is 0 Å². The first-order valence-electron chi connectivity index (χ1n) is 5.64. The number of phenolic OH excluding ortho intramolecular Hbond substituents is 1. The Kier molecular flexibility index (Phi) is 2.66. The quantitative estimate of drug-likeness (QED) is 0.825. The lowest BCUT2D eigenvalue weighted by Crippen LogP contribution is -2.24. The SMILES string of the molecule is CC(NC1CC1(C)C)c1ccc(F)cc1O. The number of hydrogen-bond donors (Lipinski definition) is 2. The van der Waals surface area contributed by atoms with Gasteiger partial charge in [-0.15, -0.1) is 0 Å². The van der Waals surface area contributed by atoms with E-state index in [0.29, 0.717) is 11.5 Å². The maximum absolute atomic E-state index is 12.8. The number of hydrogen-bond acceptors (Lipinski definition) is 2. The summed E-state index contributed by atoms with van der Waals surface area (Å²) in [4.78, 5) is 0. The van der Waals surface area contributed by atoms with Crippen LogP contribution in [0.4, 0.5) is 4.39 Å². The highest BCUT2D eigenvalue weighted by Crippen LogP contribution is 2.46. The number of halogens is 1. The molecule has 0 aliphatic heterocycles. The predicted octanol–water partition coefficient (Wildman–Crippen LogP) is 2.98. The average molecular weight is 223 g/mol. The Morgan fingerprint density at radius 1 is 1.50 bits per heavy atom. The molecule has 2 rings (SSSR count). The molecule has 0 amide bonds. The van der Waals surface area contributed by atoms with Crippen LogP contribution < -0.4 is 5.32 Å². The van der Waals surface area contributed by atoms with Gasteiger partial charge in [-0.25, -0.2) is 4.39 Å². The first-order valence-corrected chi connectivity index (χ1v) is 5.64. The molecule has 1 saturated carbocycles. The van der Waals surface area contributed by atoms with Crippen LogP contribution in [0.1, 0.15) is 38.8 Å². The highest BCUT2D eigenvalue weighted by atomic mass is 19.1. The van der Waals surface area contributed by atoms with Gasteiger partial charge in [-0.05, 0) is 24.8 Å². The molecule has 88 valence electrons. The van der Waals surface area contributed by atoms with E-state index < -0.39 is 5.82 Å². The number of benzene rings is 1. The summed E-state index contributed by atoms with van der Waals surface area (Å²) in [7, 11) is 0. The molecule has 2 atom stereocenters. The summed E-state index contributed by atoms with van der Waals surface area (Å²) in [5.74, 6) is -0.376. The van der Waals surface area contributed by atoms with Gasteiger partial charge in [0.1, 0.15) is 11.6 Å². The number of phenols is 1. The summed E-state index contributed by atoms with van der Waals surface area (Å²) < 4.78 is 12.8. The molecular weight excluding hydrogens is 205 g/mol. The van der Waals surface area contributed by atoms with Crippen molar-refractivity contribution in [3.8, 4) is 5.75 Å². The molecule has 0 radical (unpaired) electrons. The van der Waals surface area contributed by atoms with Crippen molar-refractivity contribution >= 4 is 0 Å². The molecule has 16 heavy (non-hydrogen) atoms. The first-order chi connectivity index (χ1) is 7.40. The summed E-state index contributed by atoms with van der Waals surface area (Å²) in [5, 5.41) is 13.1. The second-order valence-electron chi connectivity index (χ2n) is 5.34. The molecule has 1 aliphatic rings. The second-order valence-corrected chi connectivity index (χ2v) is 5.34. The standard InChI is InChI=1S/C13H18FNO/c1-8(15-12-7-13(12,2)3)10-5-4-9(14)6-11(10)16/h4-6,8,12,15-16H,7H2,1-3H3. The zero-order valence-corrected chi connectivity index (χ0v) is 9.92. The van der Waals surface area contributed by atoms with Crippen LogP contribution in [0.3, 0.4) is 0 Å². The van der Waals surface area contributed by atoms with Crippen LogP contribution in [-0.4, -0.2) is 11.1 Å². The summed E-state index contributed by atoms with van der Waals surface area (Å²) in [5.41, 5.74) is 1.10. The second kappa shape index (κ2) is 3.74. The number of rotatable bonds is 3. The van der Waals surface area contributed by atoms with E-state index in [1.165, 1.54) is 6.07 Å². The molecule has 2 N–H and O–H groups in total. The van der Waals surface area contributed by atoms with Crippen molar-refractivity contribution in [3.05, 3.63) is 29.6 Å². The molecular formula is C13H18FNO.